The summed E-state index contributed by atoms with van der Waals surface area (Å²) in [6.07, 6.45) is 1.42. The summed E-state index contributed by atoms with van der Waals surface area (Å²) in [6.45, 7) is 1.78. The lowest BCUT2D eigenvalue weighted by molar-refractivity contribution is -0.120. The second-order valence-electron chi connectivity index (χ2n) is 4.47. The maximum absolute atomic E-state index is 12.7. The topological polar surface area (TPSA) is 50.7 Å². The van der Waals surface area contributed by atoms with E-state index in [1.165, 1.54) is 18.3 Å². The molecule has 0 fully saturated rings. The van der Waals surface area contributed by atoms with Gasteiger partial charge in [0.25, 0.3) is 5.91 Å². The van der Waals surface area contributed by atoms with Gasteiger partial charge in [0.2, 0.25) is 0 Å². The van der Waals surface area contributed by atoms with Crippen LogP contribution in [0.1, 0.15) is 11.1 Å². The molecule has 0 spiro atoms. The first kappa shape index (κ1) is 14.7. The lowest BCUT2D eigenvalue weighted by atomic mass is 10.2. The van der Waals surface area contributed by atoms with E-state index in [1.54, 1.807) is 12.1 Å². The average molecular weight is 286 g/mol. The Bertz CT molecular complexity index is 622. The van der Waals surface area contributed by atoms with Crippen LogP contribution in [0, 0.1) is 12.7 Å². The van der Waals surface area contributed by atoms with Gasteiger partial charge in [-0.1, -0.05) is 35.0 Å². The predicted molar refractivity (Wildman–Crippen MR) is 79.8 cm³/mol. The molecule has 5 heteroatoms. The zero-order chi connectivity index (χ0) is 15.1. The minimum Gasteiger partial charge on any atom is -0.386 e. The van der Waals surface area contributed by atoms with Crippen LogP contribution >= 0.6 is 0 Å². The Morgan fingerprint density at radius 3 is 2.52 bits per heavy atom. The minimum absolute atomic E-state index is 0.189. The number of nitrogens with one attached hydrogen (secondary N) is 1. The fraction of sp³-hybridized carbons (Fsp3) is 0.125. The van der Waals surface area contributed by atoms with Gasteiger partial charge in [0.15, 0.2) is 6.61 Å². The van der Waals surface area contributed by atoms with Crippen molar-refractivity contribution in [3.8, 4) is 0 Å². The second kappa shape index (κ2) is 7.19. The molecule has 0 bridgehead atoms. The van der Waals surface area contributed by atoms with E-state index in [4.69, 9.17) is 4.84 Å². The first-order valence-corrected chi connectivity index (χ1v) is 6.41. The Hall–Kier alpha value is -2.69. The molecular weight excluding hydrogens is 271 g/mol. The smallest absolute Gasteiger partial charge is 0.265 e. The van der Waals surface area contributed by atoms with E-state index in [9.17, 15) is 9.18 Å². The average Bonchev–Trinajstić information content (AvgIpc) is 2.48. The molecule has 108 valence electrons. The third-order valence-electron chi connectivity index (χ3n) is 2.68. The number of nitrogens with zero attached hydrogens (tertiary/aromatic N) is 1. The number of carbonyl (C=O) groups excluding carboxylic acids is 1. The summed E-state index contributed by atoms with van der Waals surface area (Å²) < 4.78 is 12.7. The van der Waals surface area contributed by atoms with Gasteiger partial charge in [-0.25, -0.2) is 4.39 Å². The summed E-state index contributed by atoms with van der Waals surface area (Å²) in [5.41, 5.74) is 2.51. The van der Waals surface area contributed by atoms with Crippen molar-refractivity contribution in [2.75, 3.05) is 11.9 Å². The number of halogens is 1. The van der Waals surface area contributed by atoms with Crippen LogP contribution in [-0.4, -0.2) is 18.7 Å². The van der Waals surface area contributed by atoms with Crippen molar-refractivity contribution >= 4 is 17.8 Å². The van der Waals surface area contributed by atoms with Gasteiger partial charge in [-0.2, -0.15) is 0 Å². The third kappa shape index (κ3) is 5.06. The number of aryl methyl sites for hydroxylation is 1. The number of anilines is 1. The fourth-order valence-electron chi connectivity index (χ4n) is 1.58. The van der Waals surface area contributed by atoms with Gasteiger partial charge in [0.1, 0.15) is 5.82 Å². The van der Waals surface area contributed by atoms with Crippen LogP contribution < -0.4 is 5.32 Å². The maximum Gasteiger partial charge on any atom is 0.265 e. The SMILES string of the molecule is Cc1ccc(NC(=O)CO/N=C/c2ccc(F)cc2)cc1. The van der Waals surface area contributed by atoms with E-state index in [-0.39, 0.29) is 18.3 Å². The lowest BCUT2D eigenvalue weighted by Gasteiger charge is -2.04. The molecule has 1 N–H and O–H groups in total. The zero-order valence-corrected chi connectivity index (χ0v) is 11.5. The molecule has 2 aromatic carbocycles. The van der Waals surface area contributed by atoms with Crippen LogP contribution in [-0.2, 0) is 9.63 Å². The Morgan fingerprint density at radius 2 is 1.86 bits per heavy atom. The van der Waals surface area contributed by atoms with Gasteiger partial charge in [0.05, 0.1) is 6.21 Å². The van der Waals surface area contributed by atoms with E-state index in [1.807, 2.05) is 31.2 Å². The number of rotatable bonds is 5. The number of benzene rings is 2. The minimum atomic E-state index is -0.314. The van der Waals surface area contributed by atoms with Crippen molar-refractivity contribution in [2.45, 2.75) is 6.92 Å². The molecule has 4 nitrogen and oxygen atoms in total. The van der Waals surface area contributed by atoms with Crippen LogP contribution in [0.2, 0.25) is 0 Å². The molecule has 0 aromatic heterocycles. The fourth-order valence-corrected chi connectivity index (χ4v) is 1.58. The van der Waals surface area contributed by atoms with Crippen LogP contribution in [0.5, 0.6) is 0 Å². The molecule has 1 amide bonds. The number of hydrogen-bond acceptors (Lipinski definition) is 3. The molecule has 0 unspecified atom stereocenters. The maximum atomic E-state index is 12.7. The summed E-state index contributed by atoms with van der Waals surface area (Å²) in [7, 11) is 0. The molecule has 0 heterocycles. The van der Waals surface area contributed by atoms with E-state index in [0.29, 0.717) is 11.3 Å². The molecule has 2 aromatic rings. The van der Waals surface area contributed by atoms with Gasteiger partial charge in [-0.05, 0) is 36.8 Å². The first-order valence-electron chi connectivity index (χ1n) is 6.41. The quantitative estimate of drug-likeness (QED) is 0.678. The highest BCUT2D eigenvalue weighted by atomic mass is 19.1. The summed E-state index contributed by atoms with van der Waals surface area (Å²) in [6, 6.07) is 13.2. The van der Waals surface area contributed by atoms with Crippen molar-refractivity contribution in [3.63, 3.8) is 0 Å². The van der Waals surface area contributed by atoms with Gasteiger partial charge < -0.3 is 10.2 Å². The summed E-state index contributed by atoms with van der Waals surface area (Å²) in [5, 5.41) is 6.35. The Balaban J connectivity index is 1.76. The Kier molecular flexibility index (Phi) is 5.04. The number of carbonyl (C=O) groups is 1. The zero-order valence-electron chi connectivity index (χ0n) is 11.5. The van der Waals surface area contributed by atoms with E-state index in [2.05, 4.69) is 10.5 Å². The second-order valence-corrected chi connectivity index (χ2v) is 4.47. The summed E-state index contributed by atoms with van der Waals surface area (Å²) >= 11 is 0. The highest BCUT2D eigenvalue weighted by Crippen LogP contribution is 2.08. The van der Waals surface area contributed by atoms with Gasteiger partial charge in [-0.15, -0.1) is 0 Å². The highest BCUT2D eigenvalue weighted by Gasteiger charge is 2.02. The van der Waals surface area contributed by atoms with E-state index >= 15 is 0 Å². The largest absolute Gasteiger partial charge is 0.386 e. The van der Waals surface area contributed by atoms with Crippen molar-refractivity contribution < 1.29 is 14.0 Å². The summed E-state index contributed by atoms with van der Waals surface area (Å²) in [4.78, 5) is 16.5. The Morgan fingerprint density at radius 1 is 1.19 bits per heavy atom. The van der Waals surface area contributed by atoms with Gasteiger partial charge in [0, 0.05) is 5.69 Å². The molecule has 0 atom stereocenters. The van der Waals surface area contributed by atoms with Crippen molar-refractivity contribution in [2.24, 2.45) is 5.16 Å². The molecular formula is C16H15FN2O2. The molecule has 0 saturated heterocycles. The van der Waals surface area contributed by atoms with Crippen LogP contribution in [0.4, 0.5) is 10.1 Å². The normalized spacial score (nSPS) is 10.6. The highest BCUT2D eigenvalue weighted by molar-refractivity contribution is 5.91. The van der Waals surface area contributed by atoms with Crippen LogP contribution in [0.3, 0.4) is 0 Å². The van der Waals surface area contributed by atoms with Crippen LogP contribution in [0.25, 0.3) is 0 Å². The van der Waals surface area contributed by atoms with Crippen molar-refractivity contribution in [3.05, 3.63) is 65.5 Å². The monoisotopic (exact) mass is 286 g/mol. The molecule has 0 saturated carbocycles. The molecule has 0 aliphatic carbocycles. The number of oxime groups is 1. The third-order valence-corrected chi connectivity index (χ3v) is 2.68. The number of hydrogen-bond donors (Lipinski definition) is 1. The van der Waals surface area contributed by atoms with Gasteiger partial charge in [-0.3, -0.25) is 4.79 Å². The predicted octanol–water partition coefficient (Wildman–Crippen LogP) is 3.12. The standard InChI is InChI=1S/C16H15FN2O2/c1-12-2-8-15(9-3-12)19-16(20)11-21-18-10-13-4-6-14(17)7-5-13/h2-10H,11H2,1H3,(H,19,20)/b18-10+. The number of amides is 1. The van der Waals surface area contributed by atoms with E-state index in [0.717, 1.165) is 5.56 Å². The first-order chi connectivity index (χ1) is 10.1. The molecule has 2 rings (SSSR count). The van der Waals surface area contributed by atoms with Crippen molar-refractivity contribution in [1.82, 2.24) is 0 Å². The summed E-state index contributed by atoms with van der Waals surface area (Å²) in [5.74, 6) is -0.611. The van der Waals surface area contributed by atoms with Crippen LogP contribution in [0.15, 0.2) is 53.7 Å². The van der Waals surface area contributed by atoms with Gasteiger partial charge >= 0.3 is 0 Å². The lowest BCUT2D eigenvalue weighted by Crippen LogP contribution is -2.16. The molecule has 0 radical (unpaired) electrons. The Labute approximate surface area is 122 Å². The molecule has 0 aliphatic rings. The van der Waals surface area contributed by atoms with E-state index < -0.39 is 0 Å². The molecule has 21 heavy (non-hydrogen) atoms. The van der Waals surface area contributed by atoms with Crippen molar-refractivity contribution in [1.29, 1.82) is 0 Å². The molecule has 0 aliphatic heterocycles.